The normalized spacial score (nSPS) is 12.0. The second-order valence-corrected chi connectivity index (χ2v) is 14.9. The highest BCUT2D eigenvalue weighted by atomic mass is 15.1. The SMILES string of the molecule is c1ccc2cc(-c3ccc(N(c4cc5ccc6cccc7c8cccc9ccc%10cccc(c(c4)c5c67)c%10c98)c4cccc5ccccc45)cc3)ccc2c1. The standard InChI is InChI=1S/C54H33N/c1-2-11-40-31-41(25-21-34(40)9-1)35-27-29-43(30-28-35)55(50-20-8-12-36-10-3-4-16-45(36)50)44-32-42-26-24-39-14-6-18-47-46-17-5-13-37-22-23-38-15-7-19-48(53(38)51(37)46)49(33-44)54(42)52(39)47/h1-33H. The van der Waals surface area contributed by atoms with Crippen LogP contribution in [0, 0.1) is 0 Å². The fourth-order valence-corrected chi connectivity index (χ4v) is 9.40. The van der Waals surface area contributed by atoms with Crippen LogP contribution in [0.1, 0.15) is 0 Å². The van der Waals surface area contributed by atoms with E-state index in [2.05, 4.69) is 205 Å². The van der Waals surface area contributed by atoms with Crippen LogP contribution >= 0.6 is 0 Å². The van der Waals surface area contributed by atoms with Crippen molar-refractivity contribution in [1.29, 1.82) is 0 Å². The highest BCUT2D eigenvalue weighted by Gasteiger charge is 2.20. The quantitative estimate of drug-likeness (QED) is 0.166. The van der Waals surface area contributed by atoms with Crippen LogP contribution in [0.15, 0.2) is 200 Å². The highest BCUT2D eigenvalue weighted by Crippen LogP contribution is 2.47. The van der Waals surface area contributed by atoms with Crippen molar-refractivity contribution in [1.82, 2.24) is 0 Å². The second kappa shape index (κ2) is 11.6. The van der Waals surface area contributed by atoms with E-state index in [9.17, 15) is 0 Å². The molecule has 0 N–H and O–H groups in total. The first-order chi connectivity index (χ1) is 27.3. The molecule has 254 valence electrons. The predicted octanol–water partition coefficient (Wildman–Crippen LogP) is 15.5. The van der Waals surface area contributed by atoms with Crippen molar-refractivity contribution in [3.05, 3.63) is 200 Å². The molecule has 12 aromatic carbocycles. The summed E-state index contributed by atoms with van der Waals surface area (Å²) in [4.78, 5) is 2.46. The Morgan fingerprint density at radius 2 is 0.709 bits per heavy atom. The average Bonchev–Trinajstić information content (AvgIpc) is 3.25. The summed E-state index contributed by atoms with van der Waals surface area (Å²) in [7, 11) is 0. The molecule has 0 radical (unpaired) electrons. The largest absolute Gasteiger partial charge is 0.310 e. The molecule has 0 fully saturated rings. The highest BCUT2D eigenvalue weighted by molar-refractivity contribution is 6.37. The average molecular weight is 696 g/mol. The van der Waals surface area contributed by atoms with Crippen molar-refractivity contribution >= 4 is 103 Å². The van der Waals surface area contributed by atoms with E-state index in [1.807, 2.05) is 0 Å². The summed E-state index contributed by atoms with van der Waals surface area (Å²) < 4.78 is 0. The van der Waals surface area contributed by atoms with E-state index in [0.29, 0.717) is 0 Å². The molecule has 12 rings (SSSR count). The van der Waals surface area contributed by atoms with Gasteiger partial charge in [0.1, 0.15) is 0 Å². The van der Waals surface area contributed by atoms with Crippen LogP contribution in [-0.2, 0) is 0 Å². The number of rotatable bonds is 4. The predicted molar refractivity (Wildman–Crippen MR) is 238 cm³/mol. The molecule has 0 bridgehead atoms. The number of anilines is 3. The third-order valence-electron chi connectivity index (χ3n) is 11.9. The molecule has 0 amide bonds. The molecule has 55 heavy (non-hydrogen) atoms. The Morgan fingerprint density at radius 3 is 1.40 bits per heavy atom. The summed E-state index contributed by atoms with van der Waals surface area (Å²) in [5.41, 5.74) is 5.82. The van der Waals surface area contributed by atoms with Gasteiger partial charge in [-0.1, -0.05) is 164 Å². The van der Waals surface area contributed by atoms with Crippen LogP contribution in [0.5, 0.6) is 0 Å². The van der Waals surface area contributed by atoms with Gasteiger partial charge in [0.05, 0.1) is 5.69 Å². The van der Waals surface area contributed by atoms with E-state index >= 15 is 0 Å². The lowest BCUT2D eigenvalue weighted by Crippen LogP contribution is -2.10. The lowest BCUT2D eigenvalue weighted by molar-refractivity contribution is 1.31. The monoisotopic (exact) mass is 695 g/mol. The maximum absolute atomic E-state index is 2.46. The van der Waals surface area contributed by atoms with Crippen molar-refractivity contribution in [2.45, 2.75) is 0 Å². The Balaban J connectivity index is 1.18. The molecule has 12 aromatic rings. The number of benzene rings is 11. The van der Waals surface area contributed by atoms with Gasteiger partial charge in [0.25, 0.3) is 0 Å². The van der Waals surface area contributed by atoms with Crippen LogP contribution < -0.4 is 4.90 Å². The molecule has 0 unspecified atom stereocenters. The van der Waals surface area contributed by atoms with Crippen molar-refractivity contribution in [2.24, 2.45) is 0 Å². The Hall–Kier alpha value is -7.22. The number of hydrogen-bond acceptors (Lipinski definition) is 1. The molecule has 0 saturated heterocycles. The maximum atomic E-state index is 2.46. The van der Waals surface area contributed by atoms with Crippen molar-refractivity contribution in [3.8, 4) is 11.1 Å². The minimum absolute atomic E-state index is 1.12. The molecule has 0 spiro atoms. The number of nitrogens with zero attached hydrogens (tertiary/aromatic N) is 1. The van der Waals surface area contributed by atoms with Gasteiger partial charge in [-0.25, -0.2) is 0 Å². The van der Waals surface area contributed by atoms with Gasteiger partial charge in [-0.3, -0.25) is 0 Å². The van der Waals surface area contributed by atoms with Crippen LogP contribution in [-0.4, -0.2) is 0 Å². The summed E-state index contributed by atoms with van der Waals surface area (Å²) in [6, 6.07) is 74.4. The summed E-state index contributed by atoms with van der Waals surface area (Å²) in [5, 5.41) is 20.4. The van der Waals surface area contributed by atoms with Crippen LogP contribution in [0.2, 0.25) is 0 Å². The second-order valence-electron chi connectivity index (χ2n) is 14.9. The Labute approximate surface area is 318 Å². The fraction of sp³-hybridized carbons (Fsp3) is 0. The molecule has 0 aliphatic heterocycles. The van der Waals surface area contributed by atoms with Crippen molar-refractivity contribution in [2.75, 3.05) is 4.90 Å². The fourth-order valence-electron chi connectivity index (χ4n) is 9.40. The van der Waals surface area contributed by atoms with Crippen LogP contribution in [0.3, 0.4) is 0 Å². The van der Waals surface area contributed by atoms with Gasteiger partial charge < -0.3 is 4.90 Å². The Kier molecular flexibility index (Phi) is 6.40. The zero-order chi connectivity index (χ0) is 36.0. The summed E-state index contributed by atoms with van der Waals surface area (Å²) in [6.45, 7) is 0. The lowest BCUT2D eigenvalue weighted by Gasteiger charge is -2.28. The number of fused-ring (bicyclic) bond motifs is 4. The smallest absolute Gasteiger partial charge is 0.0540 e. The van der Waals surface area contributed by atoms with Gasteiger partial charge in [0.15, 0.2) is 0 Å². The van der Waals surface area contributed by atoms with E-state index in [1.165, 1.54) is 97.3 Å². The Morgan fingerprint density at radius 1 is 0.236 bits per heavy atom. The molecule has 1 nitrogen and oxygen atoms in total. The van der Waals surface area contributed by atoms with Gasteiger partial charge in [-0.15, -0.1) is 0 Å². The molecule has 0 atom stereocenters. The topological polar surface area (TPSA) is 3.24 Å². The van der Waals surface area contributed by atoms with Crippen LogP contribution in [0.4, 0.5) is 17.1 Å². The van der Waals surface area contributed by atoms with Crippen molar-refractivity contribution in [3.63, 3.8) is 0 Å². The summed E-state index contributed by atoms with van der Waals surface area (Å²) in [5.74, 6) is 0. The zero-order valence-corrected chi connectivity index (χ0v) is 30.0. The van der Waals surface area contributed by atoms with Gasteiger partial charge in [0.2, 0.25) is 0 Å². The van der Waals surface area contributed by atoms with E-state index in [0.717, 1.165) is 17.1 Å². The molecule has 0 aliphatic rings. The first-order valence-electron chi connectivity index (χ1n) is 19.1. The number of hydrogen-bond donors (Lipinski definition) is 0. The Bertz CT molecular complexity index is 3470. The lowest BCUT2D eigenvalue weighted by atomic mass is 9.87. The molecule has 1 heteroatoms. The third-order valence-corrected chi connectivity index (χ3v) is 11.9. The minimum atomic E-state index is 1.12. The molecular weight excluding hydrogens is 663 g/mol. The molecule has 0 heterocycles. The molecule has 0 aromatic heterocycles. The maximum Gasteiger partial charge on any atom is 0.0540 e. The van der Waals surface area contributed by atoms with Crippen molar-refractivity contribution < 1.29 is 0 Å². The van der Waals surface area contributed by atoms with E-state index in [-0.39, 0.29) is 0 Å². The summed E-state index contributed by atoms with van der Waals surface area (Å²) in [6.07, 6.45) is 0. The van der Waals surface area contributed by atoms with E-state index < -0.39 is 0 Å². The van der Waals surface area contributed by atoms with Gasteiger partial charge in [0, 0.05) is 16.8 Å². The van der Waals surface area contributed by atoms with Gasteiger partial charge in [-0.05, 0) is 128 Å². The van der Waals surface area contributed by atoms with E-state index in [1.54, 1.807) is 0 Å². The van der Waals surface area contributed by atoms with Gasteiger partial charge >= 0.3 is 0 Å². The molecule has 0 saturated carbocycles. The van der Waals surface area contributed by atoms with E-state index in [4.69, 9.17) is 0 Å². The molecule has 0 aliphatic carbocycles. The summed E-state index contributed by atoms with van der Waals surface area (Å²) >= 11 is 0. The first-order valence-corrected chi connectivity index (χ1v) is 19.1. The zero-order valence-electron chi connectivity index (χ0n) is 30.0. The van der Waals surface area contributed by atoms with Gasteiger partial charge in [-0.2, -0.15) is 0 Å². The first kappa shape index (κ1) is 30.3. The minimum Gasteiger partial charge on any atom is -0.310 e. The third kappa shape index (κ3) is 4.54. The van der Waals surface area contributed by atoms with Crippen LogP contribution in [0.25, 0.3) is 97.3 Å². The molecular formula is C54H33N.